The minimum absolute atomic E-state index is 1.18. The van der Waals surface area contributed by atoms with Gasteiger partial charge in [-0.05, 0) is 94.7 Å². The minimum atomic E-state index is 1.18. The molecule has 0 atom stereocenters. The molecule has 0 saturated heterocycles. The second-order valence-electron chi connectivity index (χ2n) is 13.0. The van der Waals surface area contributed by atoms with Gasteiger partial charge in [0, 0.05) is 53.1 Å². The zero-order valence-electron chi connectivity index (χ0n) is 26.5. The summed E-state index contributed by atoms with van der Waals surface area (Å²) in [5.74, 6) is 0. The van der Waals surface area contributed by atoms with Crippen LogP contribution < -0.4 is 0 Å². The molecule has 2 nitrogen and oxygen atoms in total. The lowest BCUT2D eigenvalue weighted by molar-refractivity contribution is 1.18. The molecule has 0 fully saturated rings. The maximum Gasteiger partial charge on any atom is 0.0547 e. The van der Waals surface area contributed by atoms with Crippen molar-refractivity contribution in [2.45, 2.75) is 0 Å². The molecule has 3 heteroatoms. The van der Waals surface area contributed by atoms with Gasteiger partial charge in [-0.2, -0.15) is 0 Å². The van der Waals surface area contributed by atoms with Crippen LogP contribution >= 0.6 is 11.3 Å². The fourth-order valence-electron chi connectivity index (χ4n) is 8.02. The van der Waals surface area contributed by atoms with Crippen LogP contribution in [0.15, 0.2) is 170 Å². The van der Waals surface area contributed by atoms with Gasteiger partial charge in [-0.25, -0.2) is 0 Å². The Morgan fingerprint density at radius 3 is 1.67 bits per heavy atom. The first-order valence-electron chi connectivity index (χ1n) is 16.8. The van der Waals surface area contributed by atoms with Gasteiger partial charge in [0.05, 0.1) is 22.1 Å². The van der Waals surface area contributed by atoms with E-state index in [0.29, 0.717) is 0 Å². The molecule has 0 N–H and O–H groups in total. The van der Waals surface area contributed by atoms with Crippen LogP contribution in [0.4, 0.5) is 0 Å². The zero-order valence-corrected chi connectivity index (χ0v) is 27.3. The van der Waals surface area contributed by atoms with E-state index in [1.807, 2.05) is 11.3 Å². The number of nitrogens with zero attached hydrogens (tertiary/aromatic N) is 2. The monoisotopic (exact) mass is 640 g/mol. The molecule has 3 heterocycles. The summed E-state index contributed by atoms with van der Waals surface area (Å²) < 4.78 is 7.48. The molecule has 49 heavy (non-hydrogen) atoms. The van der Waals surface area contributed by atoms with Gasteiger partial charge < -0.3 is 9.13 Å². The lowest BCUT2D eigenvalue weighted by Crippen LogP contribution is -1.93. The van der Waals surface area contributed by atoms with E-state index in [1.165, 1.54) is 97.1 Å². The molecule has 0 spiro atoms. The van der Waals surface area contributed by atoms with Crippen LogP contribution in [-0.2, 0) is 0 Å². The number of hydrogen-bond acceptors (Lipinski definition) is 1. The van der Waals surface area contributed by atoms with E-state index in [9.17, 15) is 0 Å². The second kappa shape index (κ2) is 10.2. The molecule has 0 bridgehead atoms. The maximum atomic E-state index is 2.46. The summed E-state index contributed by atoms with van der Waals surface area (Å²) >= 11 is 1.87. The first-order chi connectivity index (χ1) is 24.3. The number of hydrogen-bond donors (Lipinski definition) is 0. The molecule has 0 aliphatic rings. The van der Waals surface area contributed by atoms with Gasteiger partial charge in [0.1, 0.15) is 0 Å². The van der Waals surface area contributed by atoms with Crippen molar-refractivity contribution >= 4 is 85.9 Å². The predicted molar refractivity (Wildman–Crippen MR) is 211 cm³/mol. The van der Waals surface area contributed by atoms with Crippen LogP contribution in [0.25, 0.3) is 97.1 Å². The number of thiophene rings is 1. The normalized spacial score (nSPS) is 12.1. The van der Waals surface area contributed by atoms with E-state index in [4.69, 9.17) is 0 Å². The molecule has 11 rings (SSSR count). The summed E-state index contributed by atoms with van der Waals surface area (Å²) in [4.78, 5) is 0. The van der Waals surface area contributed by atoms with E-state index < -0.39 is 0 Å². The van der Waals surface area contributed by atoms with Crippen molar-refractivity contribution < 1.29 is 0 Å². The van der Waals surface area contributed by atoms with Gasteiger partial charge in [-0.1, -0.05) is 97.1 Å². The van der Waals surface area contributed by atoms with Crippen molar-refractivity contribution in [1.29, 1.82) is 0 Å². The van der Waals surface area contributed by atoms with E-state index in [0.717, 1.165) is 0 Å². The summed E-state index contributed by atoms with van der Waals surface area (Å²) in [6, 6.07) is 62.5. The third-order valence-electron chi connectivity index (χ3n) is 10.3. The average molecular weight is 641 g/mol. The first-order valence-corrected chi connectivity index (χ1v) is 17.6. The van der Waals surface area contributed by atoms with Gasteiger partial charge in [0.2, 0.25) is 0 Å². The highest BCUT2D eigenvalue weighted by molar-refractivity contribution is 7.25. The van der Waals surface area contributed by atoms with Crippen LogP contribution in [0, 0.1) is 0 Å². The maximum absolute atomic E-state index is 2.46. The van der Waals surface area contributed by atoms with Gasteiger partial charge in [-0.3, -0.25) is 0 Å². The fourth-order valence-corrected chi connectivity index (χ4v) is 9.16. The molecule has 0 aliphatic carbocycles. The predicted octanol–water partition coefficient (Wildman–Crippen LogP) is 13.1. The molecule has 0 amide bonds. The zero-order chi connectivity index (χ0) is 32.1. The summed E-state index contributed by atoms with van der Waals surface area (Å²) in [5, 5.41) is 10.2. The Morgan fingerprint density at radius 2 is 0.878 bits per heavy atom. The van der Waals surface area contributed by atoms with E-state index in [2.05, 4.69) is 179 Å². The Morgan fingerprint density at radius 1 is 0.306 bits per heavy atom. The van der Waals surface area contributed by atoms with E-state index in [-0.39, 0.29) is 0 Å². The largest absolute Gasteiger partial charge is 0.309 e. The van der Waals surface area contributed by atoms with E-state index in [1.54, 1.807) is 0 Å². The van der Waals surface area contributed by atoms with E-state index >= 15 is 0 Å². The third-order valence-corrected chi connectivity index (χ3v) is 11.4. The minimum Gasteiger partial charge on any atom is -0.309 e. The summed E-state index contributed by atoms with van der Waals surface area (Å²) in [5.41, 5.74) is 9.70. The summed E-state index contributed by atoms with van der Waals surface area (Å²) in [6.07, 6.45) is 0. The SMILES string of the molecule is c1ccc(-n2c3ccccc3c3cc(-c4ccc5c(c4)c4cc6ccccc6cc4n5-c4ccc5c(c4)sc4ccccc45)ccc32)cc1. The molecular weight excluding hydrogens is 613 g/mol. The quantitative estimate of drug-likeness (QED) is 0.182. The Bertz CT molecular complexity index is 3100. The van der Waals surface area contributed by atoms with Crippen molar-refractivity contribution in [2.24, 2.45) is 0 Å². The Hall–Kier alpha value is -6.16. The van der Waals surface area contributed by atoms with Crippen molar-refractivity contribution in [3.8, 4) is 22.5 Å². The smallest absolute Gasteiger partial charge is 0.0547 e. The van der Waals surface area contributed by atoms with Gasteiger partial charge in [0.25, 0.3) is 0 Å². The van der Waals surface area contributed by atoms with Crippen molar-refractivity contribution in [2.75, 3.05) is 0 Å². The molecule has 11 aromatic rings. The fraction of sp³-hybridized carbons (Fsp3) is 0. The number of aromatic nitrogens is 2. The average Bonchev–Trinajstić information content (AvgIpc) is 3.80. The number of rotatable bonds is 3. The number of benzene rings is 8. The van der Waals surface area contributed by atoms with Crippen LogP contribution in [0.3, 0.4) is 0 Å². The highest BCUT2D eigenvalue weighted by Gasteiger charge is 2.17. The molecule has 228 valence electrons. The lowest BCUT2D eigenvalue weighted by Gasteiger charge is -2.10. The summed E-state index contributed by atoms with van der Waals surface area (Å²) in [6.45, 7) is 0. The molecule has 0 aliphatic heterocycles. The Balaban J connectivity index is 1.15. The Kier molecular flexibility index (Phi) is 5.57. The molecule has 3 aromatic heterocycles. The summed E-state index contributed by atoms with van der Waals surface area (Å²) in [7, 11) is 0. The lowest BCUT2D eigenvalue weighted by atomic mass is 10.00. The molecule has 0 radical (unpaired) electrons. The topological polar surface area (TPSA) is 9.86 Å². The van der Waals surface area contributed by atoms with Crippen LogP contribution in [0.5, 0.6) is 0 Å². The van der Waals surface area contributed by atoms with Crippen LogP contribution in [0.1, 0.15) is 0 Å². The van der Waals surface area contributed by atoms with Gasteiger partial charge in [-0.15, -0.1) is 11.3 Å². The van der Waals surface area contributed by atoms with Crippen molar-refractivity contribution in [3.63, 3.8) is 0 Å². The highest BCUT2D eigenvalue weighted by Crippen LogP contribution is 2.41. The molecule has 0 unspecified atom stereocenters. The molecule has 8 aromatic carbocycles. The first kappa shape index (κ1) is 26.9. The third kappa shape index (κ3) is 3.94. The van der Waals surface area contributed by atoms with Crippen molar-refractivity contribution in [3.05, 3.63) is 170 Å². The van der Waals surface area contributed by atoms with Gasteiger partial charge in [0.15, 0.2) is 0 Å². The second-order valence-corrected chi connectivity index (χ2v) is 14.1. The van der Waals surface area contributed by atoms with Gasteiger partial charge >= 0.3 is 0 Å². The molecular formula is C46H28N2S. The number of para-hydroxylation sites is 2. The molecule has 0 saturated carbocycles. The van der Waals surface area contributed by atoms with Crippen molar-refractivity contribution in [1.82, 2.24) is 9.13 Å². The highest BCUT2D eigenvalue weighted by atomic mass is 32.1. The standard InChI is InChI=1S/C46H28N2S/c1-2-12-33(13-3-1)47-41-16-8-6-14-35(41)38-25-31(18-22-42(38)47)32-19-23-43-39(26-32)40-24-29-10-4-5-11-30(29)27-44(40)48(43)34-20-21-37-36-15-7-9-17-45(36)49-46(37)28-34/h1-28H. The Labute approximate surface area is 286 Å². The van der Waals surface area contributed by atoms with Crippen LogP contribution in [-0.4, -0.2) is 9.13 Å². The number of fused-ring (bicyclic) bond motifs is 10. The van der Waals surface area contributed by atoms with Crippen LogP contribution in [0.2, 0.25) is 0 Å².